The number of amides is 1. The second-order valence-electron chi connectivity index (χ2n) is 8.36. The summed E-state index contributed by atoms with van der Waals surface area (Å²) in [4.78, 5) is 25.1. The molecule has 1 aromatic heterocycles. The molecule has 1 saturated heterocycles. The lowest BCUT2D eigenvalue weighted by atomic mass is 10.0. The fourth-order valence-corrected chi connectivity index (χ4v) is 3.51. The summed E-state index contributed by atoms with van der Waals surface area (Å²) in [6.45, 7) is 8.27. The van der Waals surface area contributed by atoms with Crippen LogP contribution in [0, 0.1) is 12.7 Å². The van der Waals surface area contributed by atoms with Crippen LogP contribution in [-0.4, -0.2) is 50.5 Å². The molecular formula is C21H26FN3O4. The number of aromatic carboxylic acids is 1. The second kappa shape index (κ2) is 7.85. The van der Waals surface area contributed by atoms with E-state index in [1.54, 1.807) is 24.1 Å². The molecule has 1 N–H and O–H groups in total. The Labute approximate surface area is 169 Å². The van der Waals surface area contributed by atoms with Gasteiger partial charge in [-0.3, -0.25) is 4.68 Å². The first-order valence-corrected chi connectivity index (χ1v) is 9.61. The van der Waals surface area contributed by atoms with E-state index in [9.17, 15) is 14.0 Å². The highest BCUT2D eigenvalue weighted by atomic mass is 19.1. The molecule has 0 radical (unpaired) electrons. The molecule has 1 amide bonds. The van der Waals surface area contributed by atoms with Crippen LogP contribution in [0.25, 0.3) is 11.1 Å². The third-order valence-corrected chi connectivity index (χ3v) is 4.93. The minimum atomic E-state index is -1.28. The highest BCUT2D eigenvalue weighted by Gasteiger charge is 2.28. The van der Waals surface area contributed by atoms with Crippen LogP contribution in [0.4, 0.5) is 9.18 Å². The fourth-order valence-electron chi connectivity index (χ4n) is 3.51. The number of nitrogens with zero attached hydrogens (tertiary/aromatic N) is 3. The van der Waals surface area contributed by atoms with E-state index in [-0.39, 0.29) is 17.7 Å². The van der Waals surface area contributed by atoms with Crippen molar-refractivity contribution in [3.8, 4) is 11.1 Å². The fraction of sp³-hybridized carbons (Fsp3) is 0.476. The van der Waals surface area contributed by atoms with Gasteiger partial charge in [0.2, 0.25) is 0 Å². The normalized spacial score (nSPS) is 15.4. The lowest BCUT2D eigenvalue weighted by Crippen LogP contribution is -2.42. The third-order valence-electron chi connectivity index (χ3n) is 4.93. The summed E-state index contributed by atoms with van der Waals surface area (Å²) in [5, 5.41) is 13.5. The van der Waals surface area contributed by atoms with Crippen LogP contribution >= 0.6 is 0 Å². The van der Waals surface area contributed by atoms with Gasteiger partial charge in [-0.25, -0.2) is 14.0 Å². The average molecular weight is 403 g/mol. The van der Waals surface area contributed by atoms with Crippen molar-refractivity contribution in [1.29, 1.82) is 0 Å². The molecule has 2 heterocycles. The van der Waals surface area contributed by atoms with Crippen molar-refractivity contribution in [2.75, 3.05) is 13.1 Å². The predicted molar refractivity (Wildman–Crippen MR) is 105 cm³/mol. The molecule has 7 nitrogen and oxygen atoms in total. The van der Waals surface area contributed by atoms with Crippen molar-refractivity contribution in [2.24, 2.45) is 0 Å². The lowest BCUT2D eigenvalue weighted by Gasteiger charge is -2.33. The van der Waals surface area contributed by atoms with E-state index in [1.165, 1.54) is 6.07 Å². The Morgan fingerprint density at radius 3 is 2.41 bits per heavy atom. The SMILES string of the molecule is Cc1cc(-c2cnn(C3CCN(C(=O)OC(C)(C)C)CC3)c2)cc(F)c1C(=O)O. The van der Waals surface area contributed by atoms with Crippen molar-refractivity contribution >= 4 is 12.1 Å². The maximum Gasteiger partial charge on any atom is 0.410 e. The molecule has 0 bridgehead atoms. The first-order valence-electron chi connectivity index (χ1n) is 9.61. The highest BCUT2D eigenvalue weighted by Crippen LogP contribution is 2.28. The van der Waals surface area contributed by atoms with Gasteiger partial charge in [-0.05, 0) is 57.7 Å². The molecule has 0 atom stereocenters. The molecule has 3 rings (SSSR count). The standard InChI is InChI=1S/C21H26FN3O4/c1-13-9-14(10-17(22)18(13)19(26)27)15-11-23-25(12-15)16-5-7-24(8-6-16)20(28)29-21(2,3)4/h9-12,16H,5-8H2,1-4H3,(H,26,27). The van der Waals surface area contributed by atoms with E-state index in [4.69, 9.17) is 9.84 Å². The number of likely N-dealkylation sites (tertiary alicyclic amines) is 1. The number of aromatic nitrogens is 2. The summed E-state index contributed by atoms with van der Waals surface area (Å²) in [5.74, 6) is -2.04. The first kappa shape index (κ1) is 20.8. The minimum Gasteiger partial charge on any atom is -0.478 e. The number of halogens is 1. The molecule has 0 spiro atoms. The number of hydrogen-bond donors (Lipinski definition) is 1. The lowest BCUT2D eigenvalue weighted by molar-refractivity contribution is 0.0184. The minimum absolute atomic E-state index is 0.131. The zero-order valence-electron chi connectivity index (χ0n) is 17.1. The Bertz CT molecular complexity index is 901. The molecule has 156 valence electrons. The summed E-state index contributed by atoms with van der Waals surface area (Å²) in [7, 11) is 0. The molecule has 1 aromatic carbocycles. The predicted octanol–water partition coefficient (Wildman–Crippen LogP) is 4.27. The first-order chi connectivity index (χ1) is 13.5. The van der Waals surface area contributed by atoms with Gasteiger partial charge in [0.1, 0.15) is 11.4 Å². The van der Waals surface area contributed by atoms with Gasteiger partial charge in [-0.15, -0.1) is 0 Å². The second-order valence-corrected chi connectivity index (χ2v) is 8.36. The van der Waals surface area contributed by atoms with Gasteiger partial charge in [-0.1, -0.05) is 6.07 Å². The van der Waals surface area contributed by atoms with Crippen LogP contribution in [0.2, 0.25) is 0 Å². The van der Waals surface area contributed by atoms with E-state index in [2.05, 4.69) is 5.10 Å². The number of piperidine rings is 1. The number of hydrogen-bond acceptors (Lipinski definition) is 4. The van der Waals surface area contributed by atoms with E-state index < -0.39 is 17.4 Å². The molecule has 0 unspecified atom stereocenters. The quantitative estimate of drug-likeness (QED) is 0.827. The Kier molecular flexibility index (Phi) is 5.64. The molecule has 0 saturated carbocycles. The molecule has 8 heteroatoms. The Hall–Kier alpha value is -2.90. The smallest absolute Gasteiger partial charge is 0.410 e. The number of carbonyl (C=O) groups is 2. The van der Waals surface area contributed by atoms with E-state index >= 15 is 0 Å². The van der Waals surface area contributed by atoms with Crippen LogP contribution in [-0.2, 0) is 4.74 Å². The zero-order valence-corrected chi connectivity index (χ0v) is 17.1. The number of carboxylic acid groups (broad SMARTS) is 1. The number of benzene rings is 1. The van der Waals surface area contributed by atoms with Crippen molar-refractivity contribution in [3.05, 3.63) is 41.5 Å². The topological polar surface area (TPSA) is 84.7 Å². The molecule has 2 aromatic rings. The van der Waals surface area contributed by atoms with Gasteiger partial charge < -0.3 is 14.7 Å². The number of ether oxygens (including phenoxy) is 1. The van der Waals surface area contributed by atoms with Gasteiger partial charge in [0.05, 0.1) is 17.8 Å². The van der Waals surface area contributed by atoms with Crippen molar-refractivity contribution in [2.45, 2.75) is 52.2 Å². The summed E-state index contributed by atoms with van der Waals surface area (Å²) in [6, 6.07) is 3.01. The van der Waals surface area contributed by atoms with Crippen LogP contribution in [0.3, 0.4) is 0 Å². The van der Waals surface area contributed by atoms with Crippen molar-refractivity contribution in [1.82, 2.24) is 14.7 Å². The van der Waals surface area contributed by atoms with Crippen LogP contribution < -0.4 is 0 Å². The summed E-state index contributed by atoms with van der Waals surface area (Å²) in [5.41, 5.74) is 0.844. The molecule has 1 aliphatic rings. The number of aryl methyl sites for hydroxylation is 1. The summed E-state index contributed by atoms with van der Waals surface area (Å²) < 4.78 is 21.4. The zero-order chi connectivity index (χ0) is 21.3. The number of rotatable bonds is 3. The highest BCUT2D eigenvalue weighted by molar-refractivity contribution is 5.90. The molecule has 0 aliphatic carbocycles. The maximum atomic E-state index is 14.2. The molecule has 29 heavy (non-hydrogen) atoms. The van der Waals surface area contributed by atoms with E-state index in [0.717, 1.165) is 18.4 Å². The van der Waals surface area contributed by atoms with Gasteiger partial charge in [-0.2, -0.15) is 5.10 Å². The van der Waals surface area contributed by atoms with E-state index in [0.29, 0.717) is 24.2 Å². The average Bonchev–Trinajstić information content (AvgIpc) is 3.09. The van der Waals surface area contributed by atoms with Crippen molar-refractivity contribution < 1.29 is 23.8 Å². The molecule has 1 aliphatic heterocycles. The van der Waals surface area contributed by atoms with Gasteiger partial charge in [0.25, 0.3) is 0 Å². The summed E-state index contributed by atoms with van der Waals surface area (Å²) in [6.07, 6.45) is 4.66. The molecular weight excluding hydrogens is 377 g/mol. The molecule has 1 fully saturated rings. The van der Waals surface area contributed by atoms with Crippen LogP contribution in [0.15, 0.2) is 24.5 Å². The monoisotopic (exact) mass is 403 g/mol. The Morgan fingerprint density at radius 2 is 1.86 bits per heavy atom. The van der Waals surface area contributed by atoms with Crippen molar-refractivity contribution in [3.63, 3.8) is 0 Å². The Morgan fingerprint density at radius 1 is 1.21 bits per heavy atom. The number of carbonyl (C=O) groups excluding carboxylic acids is 1. The van der Waals surface area contributed by atoms with Gasteiger partial charge >= 0.3 is 12.1 Å². The largest absolute Gasteiger partial charge is 0.478 e. The van der Waals surface area contributed by atoms with E-state index in [1.807, 2.05) is 31.6 Å². The van der Waals surface area contributed by atoms with Gasteiger partial charge in [0, 0.05) is 24.8 Å². The number of carboxylic acids is 1. The Balaban J connectivity index is 1.69. The summed E-state index contributed by atoms with van der Waals surface area (Å²) >= 11 is 0. The van der Waals surface area contributed by atoms with Crippen LogP contribution in [0.1, 0.15) is 55.6 Å². The van der Waals surface area contributed by atoms with Crippen LogP contribution in [0.5, 0.6) is 0 Å². The maximum absolute atomic E-state index is 14.2. The van der Waals surface area contributed by atoms with Gasteiger partial charge in [0.15, 0.2) is 0 Å². The third kappa shape index (κ3) is 4.75.